The molecular weight excluding hydrogens is 238 g/mol. The summed E-state index contributed by atoms with van der Waals surface area (Å²) in [7, 11) is 1.99. The molecule has 2 N–H and O–H groups in total. The van der Waals surface area contributed by atoms with Gasteiger partial charge in [0, 0.05) is 24.8 Å². The maximum atomic E-state index is 11.9. The Morgan fingerprint density at radius 1 is 1.37 bits per heavy atom. The summed E-state index contributed by atoms with van der Waals surface area (Å²) in [6.07, 6.45) is 0. The van der Waals surface area contributed by atoms with Gasteiger partial charge in [-0.3, -0.25) is 9.69 Å². The second-order valence-electron chi connectivity index (χ2n) is 5.55. The molecule has 0 atom stereocenters. The summed E-state index contributed by atoms with van der Waals surface area (Å²) < 4.78 is 0. The average molecular weight is 261 g/mol. The number of nitrogens with zero attached hydrogens (tertiary/aromatic N) is 1. The van der Waals surface area contributed by atoms with Gasteiger partial charge in [-0.05, 0) is 30.7 Å². The summed E-state index contributed by atoms with van der Waals surface area (Å²) in [6, 6.07) is 8.57. The van der Waals surface area contributed by atoms with Crippen LogP contribution in [0.2, 0.25) is 0 Å². The largest absolute Gasteiger partial charge is 0.325 e. The van der Waals surface area contributed by atoms with Crippen molar-refractivity contribution in [3.63, 3.8) is 0 Å². The number of carbonyl (C=O) groups excluding carboxylic acids is 1. The maximum Gasteiger partial charge on any atom is 0.238 e. The molecule has 4 nitrogen and oxygen atoms in total. The second-order valence-corrected chi connectivity index (χ2v) is 5.55. The molecule has 4 heteroatoms. The molecule has 1 aromatic rings. The van der Waals surface area contributed by atoms with E-state index in [0.717, 1.165) is 18.8 Å². The van der Waals surface area contributed by atoms with E-state index in [1.807, 2.05) is 19.2 Å². The Balaban J connectivity index is 1.84. The lowest BCUT2D eigenvalue weighted by Crippen LogP contribution is -2.57. The van der Waals surface area contributed by atoms with Crippen LogP contribution in [0.3, 0.4) is 0 Å². The van der Waals surface area contributed by atoms with Gasteiger partial charge in [0.15, 0.2) is 0 Å². The minimum atomic E-state index is 0.0479. The van der Waals surface area contributed by atoms with E-state index in [4.69, 9.17) is 0 Å². The Labute approximate surface area is 115 Å². The van der Waals surface area contributed by atoms with Crippen LogP contribution in [0.1, 0.15) is 25.3 Å². The Bertz CT molecular complexity index is 424. The highest BCUT2D eigenvalue weighted by atomic mass is 16.2. The zero-order chi connectivity index (χ0) is 13.8. The number of likely N-dealkylation sites (N-methyl/N-ethyl adjacent to an activating group) is 1. The standard InChI is InChI=1S/C15H23N3O/c1-11(2)12-4-6-13(7-5-12)17-15(19)10-18(3)14-8-16-9-14/h4-7,11,14,16H,8-10H2,1-3H3,(H,17,19). The lowest BCUT2D eigenvalue weighted by molar-refractivity contribution is -0.117. The first-order valence-electron chi connectivity index (χ1n) is 6.87. The SMILES string of the molecule is CC(C)c1ccc(NC(=O)CN(C)C2CNC2)cc1. The van der Waals surface area contributed by atoms with Gasteiger partial charge in [0.2, 0.25) is 5.91 Å². The number of rotatable bonds is 5. The molecule has 19 heavy (non-hydrogen) atoms. The first-order chi connectivity index (χ1) is 9.06. The average Bonchev–Trinajstić information content (AvgIpc) is 2.26. The van der Waals surface area contributed by atoms with Gasteiger partial charge in [0.25, 0.3) is 0 Å². The fourth-order valence-corrected chi connectivity index (χ4v) is 2.09. The van der Waals surface area contributed by atoms with E-state index in [-0.39, 0.29) is 5.91 Å². The van der Waals surface area contributed by atoms with Crippen LogP contribution in [0.15, 0.2) is 24.3 Å². The van der Waals surface area contributed by atoms with Gasteiger partial charge in [-0.2, -0.15) is 0 Å². The summed E-state index contributed by atoms with van der Waals surface area (Å²) in [4.78, 5) is 14.0. The molecule has 1 aliphatic rings. The number of amides is 1. The third-order valence-electron chi connectivity index (χ3n) is 3.64. The molecule has 0 aromatic heterocycles. The van der Waals surface area contributed by atoms with Crippen LogP contribution in [-0.2, 0) is 4.79 Å². The Kier molecular flexibility index (Phi) is 4.56. The van der Waals surface area contributed by atoms with Gasteiger partial charge in [-0.1, -0.05) is 26.0 Å². The molecule has 0 saturated carbocycles. The van der Waals surface area contributed by atoms with Crippen LogP contribution in [0, 0.1) is 0 Å². The Morgan fingerprint density at radius 2 is 2.00 bits per heavy atom. The number of hydrogen-bond donors (Lipinski definition) is 2. The first-order valence-corrected chi connectivity index (χ1v) is 6.87. The van der Waals surface area contributed by atoms with E-state index in [2.05, 4.69) is 41.5 Å². The topological polar surface area (TPSA) is 44.4 Å². The van der Waals surface area contributed by atoms with E-state index in [9.17, 15) is 4.79 Å². The molecular formula is C15H23N3O. The van der Waals surface area contributed by atoms with Gasteiger partial charge < -0.3 is 10.6 Å². The predicted octanol–water partition coefficient (Wildman–Crippen LogP) is 1.65. The van der Waals surface area contributed by atoms with E-state index in [1.165, 1.54) is 5.56 Å². The maximum absolute atomic E-state index is 11.9. The molecule has 1 saturated heterocycles. The van der Waals surface area contributed by atoms with Crippen LogP contribution in [0.5, 0.6) is 0 Å². The van der Waals surface area contributed by atoms with Gasteiger partial charge in [-0.25, -0.2) is 0 Å². The van der Waals surface area contributed by atoms with Crippen molar-refractivity contribution in [2.24, 2.45) is 0 Å². The summed E-state index contributed by atoms with van der Waals surface area (Å²) in [6.45, 7) is 6.72. The Hall–Kier alpha value is -1.39. The molecule has 0 unspecified atom stereocenters. The summed E-state index contributed by atoms with van der Waals surface area (Å²) in [5.41, 5.74) is 2.16. The van der Waals surface area contributed by atoms with E-state index < -0.39 is 0 Å². The number of benzene rings is 1. The molecule has 0 spiro atoms. The molecule has 1 aliphatic heterocycles. The van der Waals surface area contributed by atoms with Crippen molar-refractivity contribution in [3.05, 3.63) is 29.8 Å². The lowest BCUT2D eigenvalue weighted by atomic mass is 10.0. The number of carbonyl (C=O) groups is 1. The van der Waals surface area contributed by atoms with Crippen molar-refractivity contribution < 1.29 is 4.79 Å². The van der Waals surface area contributed by atoms with Gasteiger partial charge in [0.05, 0.1) is 6.54 Å². The van der Waals surface area contributed by atoms with Crippen molar-refractivity contribution in [1.82, 2.24) is 10.2 Å². The highest BCUT2D eigenvalue weighted by Gasteiger charge is 2.22. The highest BCUT2D eigenvalue weighted by Crippen LogP contribution is 2.17. The fourth-order valence-electron chi connectivity index (χ4n) is 2.09. The first kappa shape index (κ1) is 14.0. The molecule has 0 radical (unpaired) electrons. The van der Waals surface area contributed by atoms with E-state index in [0.29, 0.717) is 18.5 Å². The summed E-state index contributed by atoms with van der Waals surface area (Å²) in [5.74, 6) is 0.564. The zero-order valence-electron chi connectivity index (χ0n) is 11.9. The predicted molar refractivity (Wildman–Crippen MR) is 78.4 cm³/mol. The quantitative estimate of drug-likeness (QED) is 0.847. The molecule has 104 valence electrons. The minimum Gasteiger partial charge on any atom is -0.325 e. The number of nitrogens with one attached hydrogen (secondary N) is 2. The molecule has 1 fully saturated rings. The van der Waals surface area contributed by atoms with Crippen LogP contribution in [-0.4, -0.2) is 43.5 Å². The van der Waals surface area contributed by atoms with Crippen molar-refractivity contribution in [1.29, 1.82) is 0 Å². The van der Waals surface area contributed by atoms with Gasteiger partial charge in [-0.15, -0.1) is 0 Å². The normalized spacial score (nSPS) is 15.6. The number of hydrogen-bond acceptors (Lipinski definition) is 3. The van der Waals surface area contributed by atoms with Crippen molar-refractivity contribution in [2.75, 3.05) is 32.0 Å². The summed E-state index contributed by atoms with van der Waals surface area (Å²) >= 11 is 0. The molecule has 0 aliphatic carbocycles. The van der Waals surface area contributed by atoms with Crippen LogP contribution in [0.4, 0.5) is 5.69 Å². The van der Waals surface area contributed by atoms with Crippen LogP contribution < -0.4 is 10.6 Å². The molecule has 2 rings (SSSR count). The molecule has 1 aromatic carbocycles. The van der Waals surface area contributed by atoms with Gasteiger partial charge in [0.1, 0.15) is 0 Å². The van der Waals surface area contributed by atoms with Gasteiger partial charge >= 0.3 is 0 Å². The summed E-state index contributed by atoms with van der Waals surface area (Å²) in [5, 5.41) is 6.15. The van der Waals surface area contributed by atoms with E-state index >= 15 is 0 Å². The smallest absolute Gasteiger partial charge is 0.238 e. The third-order valence-corrected chi connectivity index (χ3v) is 3.64. The highest BCUT2D eigenvalue weighted by molar-refractivity contribution is 5.92. The van der Waals surface area contributed by atoms with Crippen LogP contribution in [0.25, 0.3) is 0 Å². The van der Waals surface area contributed by atoms with Crippen molar-refractivity contribution >= 4 is 11.6 Å². The molecule has 0 bridgehead atoms. The van der Waals surface area contributed by atoms with E-state index in [1.54, 1.807) is 0 Å². The number of anilines is 1. The minimum absolute atomic E-state index is 0.0479. The molecule has 1 amide bonds. The monoisotopic (exact) mass is 261 g/mol. The van der Waals surface area contributed by atoms with Crippen molar-refractivity contribution in [2.45, 2.75) is 25.8 Å². The second kappa shape index (κ2) is 6.17. The fraction of sp³-hybridized carbons (Fsp3) is 0.533. The van der Waals surface area contributed by atoms with Crippen molar-refractivity contribution in [3.8, 4) is 0 Å². The molecule has 1 heterocycles. The third kappa shape index (κ3) is 3.78. The Morgan fingerprint density at radius 3 is 2.47 bits per heavy atom. The lowest BCUT2D eigenvalue weighted by Gasteiger charge is -2.35. The van der Waals surface area contributed by atoms with Crippen LogP contribution >= 0.6 is 0 Å². The zero-order valence-corrected chi connectivity index (χ0v) is 11.9.